The van der Waals surface area contributed by atoms with Crippen molar-refractivity contribution in [1.29, 1.82) is 0 Å². The van der Waals surface area contributed by atoms with Gasteiger partial charge in [0, 0.05) is 23.4 Å². The number of hydrogen-bond acceptors (Lipinski definition) is 2. The van der Waals surface area contributed by atoms with Crippen LogP contribution >= 0.6 is 0 Å². The van der Waals surface area contributed by atoms with E-state index in [0.717, 1.165) is 24.3 Å². The van der Waals surface area contributed by atoms with Crippen molar-refractivity contribution in [3.05, 3.63) is 42.0 Å². The Morgan fingerprint density at radius 2 is 2.06 bits per heavy atom. The van der Waals surface area contributed by atoms with Crippen molar-refractivity contribution in [2.75, 3.05) is 13.6 Å². The van der Waals surface area contributed by atoms with Crippen LogP contribution in [0.15, 0.2) is 30.5 Å². The average Bonchev–Trinajstić information content (AvgIpc) is 2.69. The second-order valence-corrected chi connectivity index (χ2v) is 3.95. The second-order valence-electron chi connectivity index (χ2n) is 3.95. The highest BCUT2D eigenvalue weighted by molar-refractivity contribution is 5.65. The summed E-state index contributed by atoms with van der Waals surface area (Å²) in [6.45, 7) is 3.60. The molecule has 0 aliphatic rings. The molecule has 90 valence electrons. The third-order valence-electron chi connectivity index (χ3n) is 2.84. The van der Waals surface area contributed by atoms with Crippen LogP contribution in [0.5, 0.6) is 0 Å². The van der Waals surface area contributed by atoms with Crippen molar-refractivity contribution >= 4 is 0 Å². The Balaban J connectivity index is 2.34. The number of hydrogen-bond donors (Lipinski definition) is 1. The summed E-state index contributed by atoms with van der Waals surface area (Å²) >= 11 is 0. The van der Waals surface area contributed by atoms with Crippen molar-refractivity contribution < 1.29 is 4.39 Å². The predicted molar refractivity (Wildman–Crippen MR) is 66.3 cm³/mol. The lowest BCUT2D eigenvalue weighted by Crippen LogP contribution is -2.16. The first-order chi connectivity index (χ1) is 8.24. The molecular formula is C13H16FN3. The second kappa shape index (κ2) is 5.10. The summed E-state index contributed by atoms with van der Waals surface area (Å²) in [7, 11) is 1.90. The SMILES string of the molecule is CNCCn1ncc(-c2ccccc2F)c1C. The minimum absolute atomic E-state index is 0.205. The molecule has 17 heavy (non-hydrogen) atoms. The van der Waals surface area contributed by atoms with Crippen molar-refractivity contribution in [3.63, 3.8) is 0 Å². The molecular weight excluding hydrogens is 217 g/mol. The first-order valence-corrected chi connectivity index (χ1v) is 5.66. The van der Waals surface area contributed by atoms with Gasteiger partial charge in [0.1, 0.15) is 5.82 Å². The highest BCUT2D eigenvalue weighted by Gasteiger charge is 2.11. The van der Waals surface area contributed by atoms with Gasteiger partial charge in [-0.15, -0.1) is 0 Å². The molecule has 1 aromatic heterocycles. The van der Waals surface area contributed by atoms with Crippen LogP contribution in [0.25, 0.3) is 11.1 Å². The van der Waals surface area contributed by atoms with Gasteiger partial charge in [0.15, 0.2) is 0 Å². The fourth-order valence-corrected chi connectivity index (χ4v) is 1.83. The Bertz CT molecular complexity index is 505. The molecule has 0 aliphatic carbocycles. The highest BCUT2D eigenvalue weighted by Crippen LogP contribution is 2.25. The summed E-state index contributed by atoms with van der Waals surface area (Å²) in [5.41, 5.74) is 2.46. The third-order valence-corrected chi connectivity index (χ3v) is 2.84. The van der Waals surface area contributed by atoms with E-state index in [2.05, 4.69) is 10.4 Å². The Morgan fingerprint density at radius 3 is 2.76 bits per heavy atom. The van der Waals surface area contributed by atoms with Crippen LogP contribution in [0.3, 0.4) is 0 Å². The Kier molecular flexibility index (Phi) is 3.54. The number of aromatic nitrogens is 2. The molecule has 0 bridgehead atoms. The molecule has 0 spiro atoms. The van der Waals surface area contributed by atoms with E-state index in [0.29, 0.717) is 5.56 Å². The van der Waals surface area contributed by atoms with E-state index in [1.807, 2.05) is 24.7 Å². The molecule has 0 radical (unpaired) electrons. The third kappa shape index (κ3) is 2.36. The summed E-state index contributed by atoms with van der Waals surface area (Å²) in [4.78, 5) is 0. The normalized spacial score (nSPS) is 10.8. The molecule has 0 saturated carbocycles. The molecule has 3 nitrogen and oxygen atoms in total. The van der Waals surface area contributed by atoms with Gasteiger partial charge in [-0.05, 0) is 20.0 Å². The molecule has 1 heterocycles. The standard InChI is InChI=1S/C13H16FN3/c1-10-12(9-16-17(10)8-7-15-2)11-5-3-4-6-13(11)14/h3-6,9,15H,7-8H2,1-2H3. The van der Waals surface area contributed by atoms with Crippen molar-refractivity contribution in [1.82, 2.24) is 15.1 Å². The zero-order chi connectivity index (χ0) is 12.3. The van der Waals surface area contributed by atoms with Crippen LogP contribution in [0, 0.1) is 12.7 Å². The summed E-state index contributed by atoms with van der Waals surface area (Å²) in [5.74, 6) is -0.205. The minimum atomic E-state index is -0.205. The topological polar surface area (TPSA) is 29.9 Å². The van der Waals surface area contributed by atoms with E-state index in [4.69, 9.17) is 0 Å². The van der Waals surface area contributed by atoms with Crippen LogP contribution in [-0.4, -0.2) is 23.4 Å². The molecule has 0 aliphatic heterocycles. The summed E-state index contributed by atoms with van der Waals surface area (Å²) < 4.78 is 15.6. The van der Waals surface area contributed by atoms with Crippen LogP contribution in [0.4, 0.5) is 4.39 Å². The van der Waals surface area contributed by atoms with Gasteiger partial charge in [-0.3, -0.25) is 4.68 Å². The number of benzene rings is 1. The Morgan fingerprint density at radius 1 is 1.29 bits per heavy atom. The van der Waals surface area contributed by atoms with Gasteiger partial charge in [-0.2, -0.15) is 5.10 Å². The monoisotopic (exact) mass is 233 g/mol. The molecule has 0 saturated heterocycles. The van der Waals surface area contributed by atoms with Crippen molar-refractivity contribution in [2.24, 2.45) is 0 Å². The highest BCUT2D eigenvalue weighted by atomic mass is 19.1. The smallest absolute Gasteiger partial charge is 0.131 e. The van der Waals surface area contributed by atoms with E-state index in [1.165, 1.54) is 6.07 Å². The molecule has 0 atom stereocenters. The van der Waals surface area contributed by atoms with E-state index in [9.17, 15) is 4.39 Å². The zero-order valence-corrected chi connectivity index (χ0v) is 10.1. The molecule has 2 aromatic rings. The lowest BCUT2D eigenvalue weighted by molar-refractivity contribution is 0.572. The van der Waals surface area contributed by atoms with Gasteiger partial charge in [-0.1, -0.05) is 18.2 Å². The van der Waals surface area contributed by atoms with Crippen LogP contribution in [0.2, 0.25) is 0 Å². The fourth-order valence-electron chi connectivity index (χ4n) is 1.83. The number of nitrogens with one attached hydrogen (secondary N) is 1. The van der Waals surface area contributed by atoms with E-state index < -0.39 is 0 Å². The number of rotatable bonds is 4. The lowest BCUT2D eigenvalue weighted by Gasteiger charge is -2.05. The van der Waals surface area contributed by atoms with Gasteiger partial charge in [0.25, 0.3) is 0 Å². The van der Waals surface area contributed by atoms with E-state index in [1.54, 1.807) is 18.3 Å². The molecule has 1 N–H and O–H groups in total. The van der Waals surface area contributed by atoms with Crippen LogP contribution < -0.4 is 5.32 Å². The molecule has 4 heteroatoms. The fraction of sp³-hybridized carbons (Fsp3) is 0.308. The Labute approximate surface area is 100 Å². The molecule has 1 aromatic carbocycles. The maximum atomic E-state index is 13.7. The molecule has 0 unspecified atom stereocenters. The lowest BCUT2D eigenvalue weighted by atomic mass is 10.1. The molecule has 0 fully saturated rings. The molecule has 0 amide bonds. The first kappa shape index (κ1) is 11.8. The summed E-state index contributed by atoms with van der Waals surface area (Å²) in [5, 5.41) is 7.35. The van der Waals surface area contributed by atoms with E-state index >= 15 is 0 Å². The molecule has 2 rings (SSSR count). The average molecular weight is 233 g/mol. The number of nitrogens with zero attached hydrogens (tertiary/aromatic N) is 2. The summed E-state index contributed by atoms with van der Waals surface area (Å²) in [6, 6.07) is 6.78. The summed E-state index contributed by atoms with van der Waals surface area (Å²) in [6.07, 6.45) is 1.73. The number of likely N-dealkylation sites (N-methyl/N-ethyl adjacent to an activating group) is 1. The Hall–Kier alpha value is -1.68. The minimum Gasteiger partial charge on any atom is -0.318 e. The zero-order valence-electron chi connectivity index (χ0n) is 10.1. The largest absolute Gasteiger partial charge is 0.318 e. The first-order valence-electron chi connectivity index (χ1n) is 5.66. The van der Waals surface area contributed by atoms with Crippen LogP contribution in [-0.2, 0) is 6.54 Å². The quantitative estimate of drug-likeness (QED) is 0.877. The van der Waals surface area contributed by atoms with Gasteiger partial charge < -0.3 is 5.32 Å². The maximum absolute atomic E-state index is 13.7. The van der Waals surface area contributed by atoms with Gasteiger partial charge >= 0.3 is 0 Å². The number of halogens is 1. The predicted octanol–water partition coefficient (Wildman–Crippen LogP) is 2.22. The van der Waals surface area contributed by atoms with Crippen LogP contribution in [0.1, 0.15) is 5.69 Å². The van der Waals surface area contributed by atoms with Gasteiger partial charge in [-0.25, -0.2) is 4.39 Å². The van der Waals surface area contributed by atoms with Gasteiger partial charge in [0.2, 0.25) is 0 Å². The van der Waals surface area contributed by atoms with Crippen molar-refractivity contribution in [2.45, 2.75) is 13.5 Å². The van der Waals surface area contributed by atoms with E-state index in [-0.39, 0.29) is 5.82 Å². The van der Waals surface area contributed by atoms with Gasteiger partial charge in [0.05, 0.1) is 12.7 Å². The maximum Gasteiger partial charge on any atom is 0.131 e. The van der Waals surface area contributed by atoms with Crippen molar-refractivity contribution in [3.8, 4) is 11.1 Å².